The second-order valence-electron chi connectivity index (χ2n) is 4.42. The van der Waals surface area contributed by atoms with E-state index in [4.69, 9.17) is 0 Å². The number of thiazole rings is 1. The molecule has 7 nitrogen and oxygen atoms in total. The van der Waals surface area contributed by atoms with Crippen molar-refractivity contribution in [3.8, 4) is 0 Å². The van der Waals surface area contributed by atoms with Crippen LogP contribution in [0.4, 0.5) is 0 Å². The maximum absolute atomic E-state index is 12.4. The van der Waals surface area contributed by atoms with Crippen LogP contribution in [0, 0.1) is 0 Å². The van der Waals surface area contributed by atoms with Crippen LogP contribution in [0.25, 0.3) is 0 Å². The van der Waals surface area contributed by atoms with Crippen molar-refractivity contribution in [2.24, 2.45) is 0 Å². The smallest absolute Gasteiger partial charge is 0.358 e. The second-order valence-corrected chi connectivity index (χ2v) is 7.44. The summed E-state index contributed by atoms with van der Waals surface area (Å²) in [5.74, 6) is -0.810. The second kappa shape index (κ2) is 5.53. The summed E-state index contributed by atoms with van der Waals surface area (Å²) in [6.07, 6.45) is 0. The zero-order valence-corrected chi connectivity index (χ0v) is 12.7. The third kappa shape index (κ3) is 2.94. The normalized spacial score (nSPS) is 12.7. The van der Waals surface area contributed by atoms with Gasteiger partial charge in [-0.1, -0.05) is 0 Å². The Kier molecular flexibility index (Phi) is 4.67. The highest BCUT2D eigenvalue weighted by Crippen LogP contribution is 2.28. The molecular formula is C10H16N2O5S2. The van der Waals surface area contributed by atoms with Crippen LogP contribution in [0.3, 0.4) is 0 Å². The van der Waals surface area contributed by atoms with Crippen LogP contribution in [0.2, 0.25) is 0 Å². The van der Waals surface area contributed by atoms with Crippen molar-refractivity contribution in [1.29, 1.82) is 0 Å². The number of sulfonamides is 1. The lowest BCUT2D eigenvalue weighted by Gasteiger charge is -2.32. The summed E-state index contributed by atoms with van der Waals surface area (Å²) in [5, 5.41) is 9.24. The molecule has 108 valence electrons. The molecule has 19 heavy (non-hydrogen) atoms. The average Bonchev–Trinajstić information content (AvgIpc) is 2.86. The Morgan fingerprint density at radius 3 is 2.63 bits per heavy atom. The summed E-state index contributed by atoms with van der Waals surface area (Å²) in [6.45, 7) is 2.79. The van der Waals surface area contributed by atoms with E-state index in [1.54, 1.807) is 13.8 Å². The van der Waals surface area contributed by atoms with Gasteiger partial charge < -0.3 is 9.84 Å². The fourth-order valence-corrected chi connectivity index (χ4v) is 3.99. The van der Waals surface area contributed by atoms with Gasteiger partial charge >= 0.3 is 5.97 Å². The van der Waals surface area contributed by atoms with E-state index in [2.05, 4.69) is 9.72 Å². The predicted octanol–water partition coefficient (Wildman–Crippen LogP) is 0.321. The molecule has 0 aliphatic heterocycles. The van der Waals surface area contributed by atoms with E-state index in [-0.39, 0.29) is 16.5 Å². The van der Waals surface area contributed by atoms with Crippen molar-refractivity contribution in [2.45, 2.75) is 23.6 Å². The standard InChI is InChI=1S/C10H16N2O5S2/c1-10(2,5-13)12(3)19(15,16)9-7(8(14)17-4)11-6-18-9/h6,13H,5H2,1-4H3. The lowest BCUT2D eigenvalue weighted by Crippen LogP contribution is -2.47. The van der Waals surface area contributed by atoms with Gasteiger partial charge in [-0.25, -0.2) is 18.2 Å². The summed E-state index contributed by atoms with van der Waals surface area (Å²) < 4.78 is 30.2. The quantitative estimate of drug-likeness (QED) is 0.787. The summed E-state index contributed by atoms with van der Waals surface area (Å²) in [7, 11) is -1.43. The van der Waals surface area contributed by atoms with E-state index in [1.807, 2.05) is 0 Å². The Labute approximate surface area is 115 Å². The molecule has 0 spiro atoms. The maximum atomic E-state index is 12.4. The number of methoxy groups -OCH3 is 1. The first-order chi connectivity index (χ1) is 8.68. The Balaban J connectivity index is 3.30. The van der Waals surface area contributed by atoms with E-state index in [0.717, 1.165) is 22.8 Å². The van der Waals surface area contributed by atoms with E-state index >= 15 is 0 Å². The fraction of sp³-hybridized carbons (Fsp3) is 0.600. The number of hydrogen-bond donors (Lipinski definition) is 1. The fourth-order valence-electron chi connectivity index (χ4n) is 1.20. The van der Waals surface area contributed by atoms with Gasteiger partial charge in [-0.3, -0.25) is 0 Å². The first-order valence-corrected chi connectivity index (χ1v) is 7.62. The molecule has 0 saturated carbocycles. The minimum atomic E-state index is -3.92. The highest BCUT2D eigenvalue weighted by atomic mass is 32.2. The minimum absolute atomic E-state index is 0.191. The van der Waals surface area contributed by atoms with Gasteiger partial charge in [-0.2, -0.15) is 4.31 Å². The van der Waals surface area contributed by atoms with E-state index in [0.29, 0.717) is 0 Å². The number of aromatic nitrogens is 1. The van der Waals surface area contributed by atoms with Crippen LogP contribution < -0.4 is 0 Å². The van der Waals surface area contributed by atoms with Gasteiger partial charge in [-0.05, 0) is 13.8 Å². The number of rotatable bonds is 5. The number of nitrogens with zero attached hydrogens (tertiary/aromatic N) is 2. The molecule has 1 N–H and O–H groups in total. The predicted molar refractivity (Wildman–Crippen MR) is 69.6 cm³/mol. The number of ether oxygens (including phenoxy) is 1. The van der Waals surface area contributed by atoms with E-state index in [1.165, 1.54) is 12.6 Å². The SMILES string of the molecule is COC(=O)c1ncsc1S(=O)(=O)N(C)C(C)(C)CO. The maximum Gasteiger partial charge on any atom is 0.358 e. The lowest BCUT2D eigenvalue weighted by atomic mass is 10.1. The first-order valence-electron chi connectivity index (χ1n) is 5.30. The zero-order chi connectivity index (χ0) is 14.8. The van der Waals surface area contributed by atoms with Gasteiger partial charge in [0.15, 0.2) is 9.90 Å². The van der Waals surface area contributed by atoms with Crippen molar-refractivity contribution < 1.29 is 23.1 Å². The van der Waals surface area contributed by atoms with Gasteiger partial charge in [0.1, 0.15) is 0 Å². The first kappa shape index (κ1) is 16.0. The highest BCUT2D eigenvalue weighted by Gasteiger charge is 2.37. The summed E-state index contributed by atoms with van der Waals surface area (Å²) in [6, 6.07) is 0. The van der Waals surface area contributed by atoms with Gasteiger partial charge in [0.2, 0.25) is 0 Å². The third-order valence-electron chi connectivity index (χ3n) is 2.75. The van der Waals surface area contributed by atoms with E-state index in [9.17, 15) is 18.3 Å². The largest absolute Gasteiger partial charge is 0.464 e. The molecule has 0 aliphatic carbocycles. The van der Waals surface area contributed by atoms with Gasteiger partial charge in [0.05, 0.1) is 24.8 Å². The summed E-state index contributed by atoms with van der Waals surface area (Å²) in [5.41, 5.74) is 0.0304. The zero-order valence-electron chi connectivity index (χ0n) is 11.1. The van der Waals surface area contributed by atoms with Crippen molar-refractivity contribution in [1.82, 2.24) is 9.29 Å². The molecule has 1 aromatic rings. The molecule has 0 fully saturated rings. The minimum Gasteiger partial charge on any atom is -0.464 e. The van der Waals surface area contributed by atoms with Crippen LogP contribution >= 0.6 is 11.3 Å². The van der Waals surface area contributed by atoms with Crippen LogP contribution in [-0.2, 0) is 14.8 Å². The van der Waals surface area contributed by atoms with Crippen molar-refractivity contribution in [2.75, 3.05) is 20.8 Å². The van der Waals surface area contributed by atoms with Crippen LogP contribution in [0.15, 0.2) is 9.72 Å². The molecule has 0 unspecified atom stereocenters. The molecule has 1 rings (SSSR count). The summed E-state index contributed by atoms with van der Waals surface area (Å²) in [4.78, 5) is 15.2. The number of likely N-dealkylation sites (N-methyl/N-ethyl adjacent to an activating group) is 1. The molecule has 0 aromatic carbocycles. The van der Waals surface area contributed by atoms with Gasteiger partial charge in [-0.15, -0.1) is 11.3 Å². The molecule has 1 aromatic heterocycles. The van der Waals surface area contributed by atoms with Crippen molar-refractivity contribution in [3.05, 3.63) is 11.2 Å². The number of carbonyl (C=O) groups excluding carboxylic acids is 1. The topological polar surface area (TPSA) is 96.8 Å². The Hall–Kier alpha value is -1.03. The number of hydrogen-bond acceptors (Lipinski definition) is 7. The molecule has 0 aliphatic rings. The Morgan fingerprint density at radius 1 is 1.58 bits per heavy atom. The molecule has 0 bridgehead atoms. The molecular weight excluding hydrogens is 292 g/mol. The number of carbonyl (C=O) groups is 1. The molecule has 0 atom stereocenters. The average molecular weight is 308 g/mol. The van der Waals surface area contributed by atoms with Crippen LogP contribution in [0.1, 0.15) is 24.3 Å². The number of aliphatic hydroxyl groups is 1. The summed E-state index contributed by atoms with van der Waals surface area (Å²) >= 11 is 0.832. The molecule has 0 saturated heterocycles. The lowest BCUT2D eigenvalue weighted by molar-refractivity contribution is 0.0590. The van der Waals surface area contributed by atoms with Gasteiger partial charge in [0.25, 0.3) is 10.0 Å². The van der Waals surface area contributed by atoms with Crippen molar-refractivity contribution in [3.63, 3.8) is 0 Å². The highest BCUT2D eigenvalue weighted by molar-refractivity contribution is 7.91. The molecule has 1 heterocycles. The number of aliphatic hydroxyl groups excluding tert-OH is 1. The van der Waals surface area contributed by atoms with E-state index < -0.39 is 21.5 Å². The molecule has 0 radical (unpaired) electrons. The molecule has 0 amide bonds. The van der Waals surface area contributed by atoms with Gasteiger partial charge in [0, 0.05) is 7.05 Å². The monoisotopic (exact) mass is 308 g/mol. The third-order valence-corrected chi connectivity index (χ3v) is 6.16. The Morgan fingerprint density at radius 2 is 2.16 bits per heavy atom. The number of esters is 1. The molecule has 9 heteroatoms. The van der Waals surface area contributed by atoms with Crippen molar-refractivity contribution >= 4 is 27.3 Å². The Bertz CT molecular complexity index is 564. The van der Waals surface area contributed by atoms with Crippen LogP contribution in [0.5, 0.6) is 0 Å². The van der Waals surface area contributed by atoms with Crippen LogP contribution in [-0.4, -0.2) is 55.1 Å².